The lowest BCUT2D eigenvalue weighted by Crippen LogP contribution is -2.42. The molecular formula is C27H33N7O3S. The molecule has 5 rings (SSSR count). The maximum Gasteiger partial charge on any atom is 0.246 e. The molecule has 0 spiro atoms. The zero-order valence-corrected chi connectivity index (χ0v) is 22.4. The lowest BCUT2D eigenvalue weighted by molar-refractivity contribution is 0.162. The largest absolute Gasteiger partial charge is 0.476 e. The number of sulfonamides is 1. The van der Waals surface area contributed by atoms with Gasteiger partial charge in [-0.2, -0.15) is 19.6 Å². The van der Waals surface area contributed by atoms with Crippen LogP contribution in [0.25, 0.3) is 0 Å². The van der Waals surface area contributed by atoms with Crippen LogP contribution in [-0.4, -0.2) is 58.2 Å². The van der Waals surface area contributed by atoms with Crippen molar-refractivity contribution in [2.24, 2.45) is 5.41 Å². The van der Waals surface area contributed by atoms with Crippen molar-refractivity contribution in [3.63, 3.8) is 0 Å². The number of nitriles is 1. The van der Waals surface area contributed by atoms with Crippen molar-refractivity contribution >= 4 is 16.0 Å². The lowest BCUT2D eigenvalue weighted by atomic mass is 9.90. The quantitative estimate of drug-likeness (QED) is 0.438. The molecule has 0 unspecified atom stereocenters. The number of hydrogen-bond acceptors (Lipinski definition) is 8. The average Bonchev–Trinajstić information content (AvgIpc) is 3.58. The number of rotatable bonds is 9. The summed E-state index contributed by atoms with van der Waals surface area (Å²) in [5.41, 5.74) is 1.48. The molecular weight excluding hydrogens is 502 g/mol. The summed E-state index contributed by atoms with van der Waals surface area (Å²) in [6.07, 6.45) is 10.3. The molecule has 2 aliphatic rings. The summed E-state index contributed by atoms with van der Waals surface area (Å²) in [7, 11) is -3.63. The highest BCUT2D eigenvalue weighted by Crippen LogP contribution is 2.38. The average molecular weight is 536 g/mol. The second-order valence-electron chi connectivity index (χ2n) is 10.5. The minimum atomic E-state index is -3.63. The first-order valence-electron chi connectivity index (χ1n) is 13.1. The summed E-state index contributed by atoms with van der Waals surface area (Å²) < 4.78 is 35.6. The first-order chi connectivity index (χ1) is 18.3. The number of nitrogens with zero attached hydrogens (tertiary/aromatic N) is 6. The van der Waals surface area contributed by atoms with Crippen molar-refractivity contribution in [1.29, 1.82) is 5.26 Å². The second-order valence-corrected chi connectivity index (χ2v) is 12.5. The van der Waals surface area contributed by atoms with Crippen LogP contribution >= 0.6 is 0 Å². The number of nitrogens with one attached hydrogen (secondary N) is 1. The van der Waals surface area contributed by atoms with Crippen LogP contribution in [0.3, 0.4) is 0 Å². The third-order valence-electron chi connectivity index (χ3n) is 7.46. The van der Waals surface area contributed by atoms with Gasteiger partial charge in [0.05, 0.1) is 25.5 Å². The number of aromatic nitrogens is 4. The van der Waals surface area contributed by atoms with Gasteiger partial charge in [-0.05, 0) is 31.2 Å². The molecule has 0 bridgehead atoms. The van der Waals surface area contributed by atoms with Crippen LogP contribution in [0, 0.1) is 16.7 Å². The standard InChI is InChI=1S/C27H33N7O3S/c1-27(11-5-6-12-27)20-37-25-22(15-28)16-29-26(32-25)31-23-9-13-34(14-10-23)38(35,36)24-17-30-33(19-24)18-21-7-3-2-4-8-21/h2-4,7-8,16-17,19,23H,5-6,9-14,18,20H2,1H3,(H,29,31,32). The normalized spacial score (nSPS) is 18.2. The fourth-order valence-corrected chi connectivity index (χ4v) is 6.57. The topological polar surface area (TPSA) is 126 Å². The molecule has 1 aliphatic carbocycles. The molecule has 200 valence electrons. The van der Waals surface area contributed by atoms with Gasteiger partial charge >= 0.3 is 0 Å². The van der Waals surface area contributed by atoms with Crippen LogP contribution in [0.15, 0.2) is 53.8 Å². The predicted octanol–water partition coefficient (Wildman–Crippen LogP) is 3.82. The SMILES string of the molecule is CC1(COc2nc(NC3CCN(S(=O)(=O)c4cnn(Cc5ccccc5)c4)CC3)ncc2C#N)CCCC1. The first kappa shape index (κ1) is 26.1. The number of anilines is 1. The predicted molar refractivity (Wildman–Crippen MR) is 142 cm³/mol. The van der Waals surface area contributed by atoms with E-state index in [-0.39, 0.29) is 16.4 Å². The minimum Gasteiger partial charge on any atom is -0.476 e. The van der Waals surface area contributed by atoms with Crippen LogP contribution in [-0.2, 0) is 16.6 Å². The monoisotopic (exact) mass is 535 g/mol. The first-order valence-corrected chi connectivity index (χ1v) is 14.5. The fourth-order valence-electron chi connectivity index (χ4n) is 5.14. The zero-order chi connectivity index (χ0) is 26.6. The van der Waals surface area contributed by atoms with E-state index in [4.69, 9.17) is 4.74 Å². The van der Waals surface area contributed by atoms with Crippen LogP contribution < -0.4 is 10.1 Å². The van der Waals surface area contributed by atoms with E-state index >= 15 is 0 Å². The van der Waals surface area contributed by atoms with Gasteiger partial charge in [0.2, 0.25) is 21.9 Å². The van der Waals surface area contributed by atoms with Gasteiger partial charge in [0.1, 0.15) is 16.5 Å². The van der Waals surface area contributed by atoms with Crippen molar-refractivity contribution in [3.05, 3.63) is 60.0 Å². The number of benzene rings is 1. The minimum absolute atomic E-state index is 0.00962. The Hall–Kier alpha value is -3.49. The van der Waals surface area contributed by atoms with E-state index in [1.54, 1.807) is 10.9 Å². The Kier molecular flexibility index (Phi) is 7.63. The van der Waals surface area contributed by atoms with Gasteiger partial charge in [0, 0.05) is 30.7 Å². The van der Waals surface area contributed by atoms with E-state index < -0.39 is 10.0 Å². The van der Waals surface area contributed by atoms with Gasteiger partial charge < -0.3 is 10.1 Å². The van der Waals surface area contributed by atoms with Crippen molar-refractivity contribution in [3.8, 4) is 11.9 Å². The van der Waals surface area contributed by atoms with Gasteiger partial charge in [-0.3, -0.25) is 4.68 Å². The van der Waals surface area contributed by atoms with Crippen molar-refractivity contribution in [2.45, 2.75) is 62.9 Å². The third kappa shape index (κ3) is 5.97. The molecule has 1 N–H and O–H groups in total. The summed E-state index contributed by atoms with van der Waals surface area (Å²) >= 11 is 0. The molecule has 2 fully saturated rings. The highest BCUT2D eigenvalue weighted by Gasteiger charge is 2.32. The van der Waals surface area contributed by atoms with Crippen molar-refractivity contribution in [1.82, 2.24) is 24.1 Å². The molecule has 2 aromatic heterocycles. The van der Waals surface area contributed by atoms with Gasteiger partial charge in [0.25, 0.3) is 0 Å². The number of hydrogen-bond donors (Lipinski definition) is 1. The lowest BCUT2D eigenvalue weighted by Gasteiger charge is -2.31. The Balaban J connectivity index is 1.17. The molecule has 3 heterocycles. The van der Waals surface area contributed by atoms with Crippen LogP contribution in [0.5, 0.6) is 5.88 Å². The van der Waals surface area contributed by atoms with Crippen molar-refractivity contribution < 1.29 is 13.2 Å². The molecule has 38 heavy (non-hydrogen) atoms. The second kappa shape index (κ2) is 11.1. The number of ether oxygens (including phenoxy) is 1. The summed E-state index contributed by atoms with van der Waals surface area (Å²) in [6.45, 7) is 4.00. The third-order valence-corrected chi connectivity index (χ3v) is 9.32. The van der Waals surface area contributed by atoms with Gasteiger partial charge in [-0.15, -0.1) is 0 Å². The molecule has 1 aromatic carbocycles. The highest BCUT2D eigenvalue weighted by molar-refractivity contribution is 7.89. The summed E-state index contributed by atoms with van der Waals surface area (Å²) in [4.78, 5) is 8.96. The molecule has 1 aliphatic heterocycles. The van der Waals surface area contributed by atoms with Gasteiger partial charge in [0.15, 0.2) is 0 Å². The van der Waals surface area contributed by atoms with Gasteiger partial charge in [-0.1, -0.05) is 50.1 Å². The van der Waals surface area contributed by atoms with E-state index in [0.717, 1.165) is 18.4 Å². The van der Waals surface area contributed by atoms with Crippen LogP contribution in [0.1, 0.15) is 56.6 Å². The molecule has 11 heteroatoms. The Morgan fingerprint density at radius 1 is 1.16 bits per heavy atom. The molecule has 0 radical (unpaired) electrons. The summed E-state index contributed by atoms with van der Waals surface area (Å²) in [6, 6.07) is 11.9. The number of piperidine rings is 1. The molecule has 0 atom stereocenters. The van der Waals surface area contributed by atoms with Crippen LogP contribution in [0.4, 0.5) is 5.95 Å². The maximum absolute atomic E-state index is 13.2. The molecule has 1 saturated carbocycles. The molecule has 3 aromatic rings. The molecule has 0 amide bonds. The molecule has 10 nitrogen and oxygen atoms in total. The highest BCUT2D eigenvalue weighted by atomic mass is 32.2. The van der Waals surface area contributed by atoms with E-state index in [9.17, 15) is 13.7 Å². The molecule has 1 saturated heterocycles. The Labute approximate surface area is 223 Å². The smallest absolute Gasteiger partial charge is 0.246 e. The Bertz CT molecular complexity index is 1390. The van der Waals surface area contributed by atoms with Gasteiger partial charge in [-0.25, -0.2) is 13.4 Å². The maximum atomic E-state index is 13.2. The fraction of sp³-hybridized carbons (Fsp3) is 0.481. The van der Waals surface area contributed by atoms with E-state index in [0.29, 0.717) is 56.5 Å². The summed E-state index contributed by atoms with van der Waals surface area (Å²) in [5.74, 6) is 0.685. The zero-order valence-electron chi connectivity index (χ0n) is 21.6. The van der Waals surface area contributed by atoms with Crippen molar-refractivity contribution in [2.75, 3.05) is 25.0 Å². The van der Waals surface area contributed by atoms with Crippen LogP contribution in [0.2, 0.25) is 0 Å². The Morgan fingerprint density at radius 2 is 1.89 bits per heavy atom. The summed E-state index contributed by atoms with van der Waals surface area (Å²) in [5, 5.41) is 17.0. The van der Waals surface area contributed by atoms with E-state index in [1.807, 2.05) is 30.3 Å². The van der Waals surface area contributed by atoms with E-state index in [2.05, 4.69) is 33.4 Å². The Morgan fingerprint density at radius 3 is 2.61 bits per heavy atom. The van der Waals surface area contributed by atoms with E-state index in [1.165, 1.54) is 29.5 Å².